The van der Waals surface area contributed by atoms with Crippen LogP contribution in [0.25, 0.3) is 0 Å². The first-order valence-corrected chi connectivity index (χ1v) is 10.6. The fourth-order valence-electron chi connectivity index (χ4n) is 3.20. The number of carbonyl (C=O) groups is 1. The smallest absolute Gasteiger partial charge is 0.275 e. The second-order valence-corrected chi connectivity index (χ2v) is 9.01. The van der Waals surface area contributed by atoms with Gasteiger partial charge in [0.1, 0.15) is 6.16 Å². The number of pyridine rings is 1. The van der Waals surface area contributed by atoms with E-state index in [-0.39, 0.29) is 18.5 Å². The van der Waals surface area contributed by atoms with E-state index in [2.05, 4.69) is 10.3 Å². The van der Waals surface area contributed by atoms with Gasteiger partial charge in [0.2, 0.25) is 5.88 Å². The lowest BCUT2D eigenvalue weighted by atomic mass is 9.91. The van der Waals surface area contributed by atoms with Gasteiger partial charge in [-0.25, -0.2) is 14.8 Å². The fourth-order valence-corrected chi connectivity index (χ4v) is 5.20. The van der Waals surface area contributed by atoms with Crippen LogP contribution in [0.1, 0.15) is 37.7 Å². The molecule has 0 aromatic carbocycles. The van der Waals surface area contributed by atoms with Crippen molar-refractivity contribution in [2.24, 2.45) is 5.92 Å². The van der Waals surface area contributed by atoms with Gasteiger partial charge in [-0.2, -0.15) is 0 Å². The van der Waals surface area contributed by atoms with E-state index >= 15 is 0 Å². The first-order valence-electron chi connectivity index (χ1n) is 8.52. The summed E-state index contributed by atoms with van der Waals surface area (Å²) in [5.74, 6) is 0.751. The molecule has 0 unspecified atom stereocenters. The van der Waals surface area contributed by atoms with Crippen LogP contribution in [0.3, 0.4) is 0 Å². The van der Waals surface area contributed by atoms with Crippen LogP contribution in [0, 0.1) is 5.92 Å². The maximum atomic E-state index is 12.0. The van der Waals surface area contributed by atoms with E-state index in [4.69, 9.17) is 4.74 Å². The van der Waals surface area contributed by atoms with Crippen LogP contribution in [-0.2, 0) is 11.3 Å². The van der Waals surface area contributed by atoms with Gasteiger partial charge in [-0.15, -0.1) is 0 Å². The normalized spacial score (nSPS) is 16.1. The van der Waals surface area contributed by atoms with Crippen molar-refractivity contribution >= 4 is 13.5 Å². The van der Waals surface area contributed by atoms with E-state index in [1.54, 1.807) is 19.4 Å². The number of ketones is 1. The molecule has 1 aliphatic rings. The van der Waals surface area contributed by atoms with Crippen molar-refractivity contribution in [2.45, 2.75) is 38.6 Å². The van der Waals surface area contributed by atoms with E-state index in [1.807, 2.05) is 6.07 Å². The summed E-state index contributed by atoms with van der Waals surface area (Å²) < 4.78 is 5.05. The van der Waals surface area contributed by atoms with Gasteiger partial charge in [-0.3, -0.25) is 4.79 Å². The number of aromatic nitrogens is 1. The highest BCUT2D eigenvalue weighted by molar-refractivity contribution is 7.65. The van der Waals surface area contributed by atoms with E-state index in [9.17, 15) is 14.6 Å². The monoisotopic (exact) mass is 355 g/mol. The number of ether oxygens (including phenoxy) is 1. The topological polar surface area (TPSA) is 91.7 Å². The molecule has 1 aromatic heterocycles. The molecule has 0 saturated heterocycles. The third-order valence-corrected chi connectivity index (χ3v) is 6.32. The van der Waals surface area contributed by atoms with Crippen LogP contribution in [0.2, 0.25) is 0 Å². The summed E-state index contributed by atoms with van der Waals surface area (Å²) in [6.45, 7) is 0.647. The van der Waals surface area contributed by atoms with Crippen molar-refractivity contribution in [3.8, 4) is 5.88 Å². The van der Waals surface area contributed by atoms with Crippen molar-refractivity contribution in [1.82, 2.24) is 10.3 Å². The number of methoxy groups -OCH3 is 1. The van der Waals surface area contributed by atoms with Gasteiger partial charge in [0.15, 0.2) is 11.9 Å². The molecular formula is C17H28N2O4P+. The van der Waals surface area contributed by atoms with Crippen molar-refractivity contribution in [2.75, 3.05) is 26.0 Å². The summed E-state index contributed by atoms with van der Waals surface area (Å²) in [4.78, 5) is 36.5. The lowest BCUT2D eigenvalue weighted by Crippen LogP contribution is -2.27. The molecule has 1 aromatic rings. The molecule has 0 amide bonds. The minimum absolute atomic E-state index is 0.115. The molecule has 134 valence electrons. The van der Waals surface area contributed by atoms with Crippen LogP contribution in [0.4, 0.5) is 0 Å². The molecular weight excluding hydrogens is 327 g/mol. The molecule has 2 rings (SSSR count). The second-order valence-electron chi connectivity index (χ2n) is 6.57. The summed E-state index contributed by atoms with van der Waals surface area (Å²) in [6.07, 6.45) is 7.61. The van der Waals surface area contributed by atoms with Gasteiger partial charge in [0, 0.05) is 18.8 Å². The van der Waals surface area contributed by atoms with Crippen LogP contribution in [0.15, 0.2) is 18.3 Å². The Morgan fingerprint density at radius 1 is 1.38 bits per heavy atom. The summed E-state index contributed by atoms with van der Waals surface area (Å²) in [7, 11) is -1.55. The molecule has 1 fully saturated rings. The number of rotatable bonds is 9. The minimum atomic E-state index is -3.11. The lowest BCUT2D eigenvalue weighted by Gasteiger charge is -2.23. The number of carbonyl (C=O) groups excluding carboxylic acids is 1. The summed E-state index contributed by atoms with van der Waals surface area (Å²) in [6, 6.07) is 3.65. The van der Waals surface area contributed by atoms with Gasteiger partial charge in [-0.05, 0) is 30.4 Å². The standard InChI is InChI=1S/C17H28N2O4P/c1-23-17-9-15(7-8-19-17)10-18-11-16(20)13-24(21,22)12-14-5-3-2-4-6-14/h7-9,14,18,21-22H,2-6,10-13H2,1H3/q+1. The Kier molecular flexibility index (Phi) is 7.56. The van der Waals surface area contributed by atoms with E-state index in [1.165, 1.54) is 6.42 Å². The predicted molar refractivity (Wildman–Crippen MR) is 95.2 cm³/mol. The Balaban J connectivity index is 1.71. The zero-order valence-corrected chi connectivity index (χ0v) is 15.2. The lowest BCUT2D eigenvalue weighted by molar-refractivity contribution is -0.116. The highest BCUT2D eigenvalue weighted by atomic mass is 31.2. The van der Waals surface area contributed by atoms with Crippen LogP contribution in [0.5, 0.6) is 5.88 Å². The zero-order valence-electron chi connectivity index (χ0n) is 14.3. The van der Waals surface area contributed by atoms with E-state index in [0.29, 0.717) is 24.5 Å². The number of nitrogens with zero attached hydrogens (tertiary/aromatic N) is 1. The van der Waals surface area contributed by atoms with Crippen LogP contribution < -0.4 is 10.1 Å². The van der Waals surface area contributed by atoms with Crippen molar-refractivity contribution < 1.29 is 19.3 Å². The zero-order chi connectivity index (χ0) is 17.4. The molecule has 7 heteroatoms. The Morgan fingerprint density at radius 2 is 2.12 bits per heavy atom. The highest BCUT2D eigenvalue weighted by Gasteiger charge is 2.39. The molecule has 6 nitrogen and oxygen atoms in total. The van der Waals surface area contributed by atoms with Gasteiger partial charge < -0.3 is 10.1 Å². The van der Waals surface area contributed by atoms with Crippen molar-refractivity contribution in [1.29, 1.82) is 0 Å². The quantitative estimate of drug-likeness (QED) is 0.588. The maximum Gasteiger partial charge on any atom is 0.275 e. The first kappa shape index (κ1) is 19.3. The molecule has 0 bridgehead atoms. The van der Waals surface area contributed by atoms with E-state index < -0.39 is 7.72 Å². The molecule has 1 aliphatic carbocycles. The maximum absolute atomic E-state index is 12.0. The average Bonchev–Trinajstić information content (AvgIpc) is 2.55. The largest absolute Gasteiger partial charge is 0.481 e. The molecule has 0 radical (unpaired) electrons. The predicted octanol–water partition coefficient (Wildman–Crippen LogP) is 2.16. The second kappa shape index (κ2) is 9.42. The van der Waals surface area contributed by atoms with Gasteiger partial charge in [0.25, 0.3) is 7.72 Å². The number of Topliss-reactive ketones (excluding diaryl/α,β-unsaturated/α-hetero) is 1. The Labute approximate surface area is 144 Å². The number of nitrogens with one attached hydrogen (secondary N) is 1. The highest BCUT2D eigenvalue weighted by Crippen LogP contribution is 2.52. The van der Waals surface area contributed by atoms with Gasteiger partial charge >= 0.3 is 0 Å². The SMILES string of the molecule is COc1cc(CNCC(=O)C[P+](O)(O)CC2CCCCC2)ccn1. The molecule has 24 heavy (non-hydrogen) atoms. The van der Waals surface area contributed by atoms with Crippen molar-refractivity contribution in [3.63, 3.8) is 0 Å². The third kappa shape index (κ3) is 6.81. The third-order valence-electron chi connectivity index (χ3n) is 4.36. The Hall–Kier alpha value is -1.07. The first-order chi connectivity index (χ1) is 11.5. The molecule has 0 atom stereocenters. The summed E-state index contributed by atoms with van der Waals surface area (Å²) in [5, 5.41) is 3.04. The van der Waals surface area contributed by atoms with Crippen LogP contribution in [-0.4, -0.2) is 46.5 Å². The molecule has 3 N–H and O–H groups in total. The van der Waals surface area contributed by atoms with Crippen LogP contribution >= 0.6 is 7.72 Å². The molecule has 1 heterocycles. The Morgan fingerprint density at radius 3 is 2.83 bits per heavy atom. The molecule has 0 aliphatic heterocycles. The summed E-state index contributed by atoms with van der Waals surface area (Å²) >= 11 is 0. The van der Waals surface area contributed by atoms with Crippen molar-refractivity contribution in [3.05, 3.63) is 23.9 Å². The Bertz CT molecular complexity index is 533. The van der Waals surface area contributed by atoms with Gasteiger partial charge in [-0.1, -0.05) is 19.3 Å². The number of hydrogen-bond donors (Lipinski definition) is 3. The summed E-state index contributed by atoms with van der Waals surface area (Å²) in [5.41, 5.74) is 0.964. The molecule has 0 spiro atoms. The minimum Gasteiger partial charge on any atom is -0.481 e. The van der Waals surface area contributed by atoms with E-state index in [0.717, 1.165) is 31.2 Å². The fraction of sp³-hybridized carbons (Fsp3) is 0.647. The van der Waals surface area contributed by atoms with Gasteiger partial charge in [0.05, 0.1) is 13.7 Å². The molecule has 1 saturated carbocycles. The number of hydrogen-bond acceptors (Lipinski definition) is 6. The average molecular weight is 355 g/mol.